The Morgan fingerprint density at radius 3 is 2.46 bits per heavy atom. The van der Waals surface area contributed by atoms with Gasteiger partial charge in [-0.05, 0) is 68.6 Å². The van der Waals surface area contributed by atoms with E-state index in [-0.39, 0.29) is 5.91 Å². The van der Waals surface area contributed by atoms with Gasteiger partial charge in [0, 0.05) is 18.5 Å². The molecule has 1 aromatic carbocycles. The number of fused-ring (bicyclic) bond motifs is 2. The molecule has 1 amide bonds. The molecule has 1 saturated carbocycles. The van der Waals surface area contributed by atoms with Gasteiger partial charge < -0.3 is 10.6 Å². The number of rotatable bonds is 4. The molecule has 26 heavy (non-hydrogen) atoms. The molecule has 0 spiro atoms. The Kier molecular flexibility index (Phi) is 4.49. The van der Waals surface area contributed by atoms with Crippen molar-refractivity contribution in [1.82, 2.24) is 10.6 Å². The van der Waals surface area contributed by atoms with Crippen molar-refractivity contribution in [3.05, 3.63) is 35.4 Å². The van der Waals surface area contributed by atoms with Gasteiger partial charge in [0.25, 0.3) is 0 Å². The SMILES string of the molecule is O=C(CC1CC2CCC(C1)N2)NC1(c2cccc(C(F)(F)F)c2)CCC1. The molecule has 1 aromatic rings. The molecule has 3 aliphatic rings. The summed E-state index contributed by atoms with van der Waals surface area (Å²) >= 11 is 0. The minimum atomic E-state index is -4.36. The summed E-state index contributed by atoms with van der Waals surface area (Å²) in [6.45, 7) is 0. The maximum absolute atomic E-state index is 13.0. The van der Waals surface area contributed by atoms with E-state index in [9.17, 15) is 18.0 Å². The van der Waals surface area contributed by atoms with Crippen LogP contribution >= 0.6 is 0 Å². The Morgan fingerprint density at radius 2 is 1.88 bits per heavy atom. The molecule has 2 heterocycles. The molecular weight excluding hydrogens is 341 g/mol. The maximum atomic E-state index is 13.0. The lowest BCUT2D eigenvalue weighted by molar-refractivity contribution is -0.137. The second-order valence-electron chi connectivity index (χ2n) is 8.24. The van der Waals surface area contributed by atoms with E-state index in [1.54, 1.807) is 6.07 Å². The molecule has 2 atom stereocenters. The van der Waals surface area contributed by atoms with Crippen molar-refractivity contribution in [2.75, 3.05) is 0 Å². The molecule has 2 N–H and O–H groups in total. The van der Waals surface area contributed by atoms with Crippen LogP contribution in [0.3, 0.4) is 0 Å². The third-order valence-electron chi connectivity index (χ3n) is 6.37. The predicted molar refractivity (Wildman–Crippen MR) is 92.4 cm³/mol. The molecular formula is C20H25F3N2O. The number of nitrogens with one attached hydrogen (secondary N) is 2. The highest BCUT2D eigenvalue weighted by Gasteiger charge is 2.42. The van der Waals surface area contributed by atoms with Crippen LogP contribution in [0.2, 0.25) is 0 Å². The second-order valence-corrected chi connectivity index (χ2v) is 8.24. The van der Waals surface area contributed by atoms with Crippen LogP contribution in [-0.4, -0.2) is 18.0 Å². The first-order valence-electron chi connectivity index (χ1n) is 9.59. The van der Waals surface area contributed by atoms with Gasteiger partial charge in [0.15, 0.2) is 0 Å². The fraction of sp³-hybridized carbons (Fsp3) is 0.650. The fourth-order valence-corrected chi connectivity index (χ4v) is 4.93. The largest absolute Gasteiger partial charge is 0.416 e. The van der Waals surface area contributed by atoms with Crippen LogP contribution in [0.25, 0.3) is 0 Å². The van der Waals surface area contributed by atoms with Gasteiger partial charge in [0.2, 0.25) is 5.91 Å². The van der Waals surface area contributed by atoms with Gasteiger partial charge in [0.1, 0.15) is 0 Å². The Labute approximate surface area is 151 Å². The summed E-state index contributed by atoms with van der Waals surface area (Å²) in [6.07, 6.45) is 2.90. The zero-order chi connectivity index (χ0) is 18.4. The molecule has 2 saturated heterocycles. The third-order valence-corrected chi connectivity index (χ3v) is 6.37. The lowest BCUT2D eigenvalue weighted by atomic mass is 9.71. The van der Waals surface area contributed by atoms with Crippen molar-refractivity contribution >= 4 is 5.91 Å². The first-order chi connectivity index (χ1) is 12.3. The molecule has 2 unspecified atom stereocenters. The van der Waals surface area contributed by atoms with E-state index in [2.05, 4.69) is 10.6 Å². The molecule has 2 bridgehead atoms. The highest BCUT2D eigenvalue weighted by Crippen LogP contribution is 2.43. The van der Waals surface area contributed by atoms with Gasteiger partial charge >= 0.3 is 6.18 Å². The fourth-order valence-electron chi connectivity index (χ4n) is 4.93. The number of halogens is 3. The van der Waals surface area contributed by atoms with Gasteiger partial charge in [-0.15, -0.1) is 0 Å². The van der Waals surface area contributed by atoms with Crippen molar-refractivity contribution in [2.45, 2.75) is 75.2 Å². The van der Waals surface area contributed by atoms with Gasteiger partial charge in [-0.1, -0.05) is 12.1 Å². The van der Waals surface area contributed by atoms with Crippen LogP contribution in [0, 0.1) is 5.92 Å². The maximum Gasteiger partial charge on any atom is 0.416 e. The number of hydrogen-bond donors (Lipinski definition) is 2. The molecule has 2 aliphatic heterocycles. The number of carbonyl (C=O) groups is 1. The van der Waals surface area contributed by atoms with E-state index in [0.717, 1.165) is 25.3 Å². The summed E-state index contributed by atoms with van der Waals surface area (Å²) in [5.41, 5.74) is -0.688. The molecule has 3 nitrogen and oxygen atoms in total. The zero-order valence-electron chi connectivity index (χ0n) is 14.7. The van der Waals surface area contributed by atoms with Gasteiger partial charge in [-0.3, -0.25) is 4.79 Å². The number of hydrogen-bond acceptors (Lipinski definition) is 2. The lowest BCUT2D eigenvalue weighted by Gasteiger charge is -2.43. The average Bonchev–Trinajstić information content (AvgIpc) is 2.89. The summed E-state index contributed by atoms with van der Waals surface area (Å²) in [5.74, 6) is 0.362. The minimum absolute atomic E-state index is 0.0200. The monoisotopic (exact) mass is 366 g/mol. The van der Waals surface area contributed by atoms with E-state index in [0.29, 0.717) is 42.8 Å². The topological polar surface area (TPSA) is 41.1 Å². The summed E-state index contributed by atoms with van der Waals surface area (Å²) < 4.78 is 39.1. The first kappa shape index (κ1) is 17.8. The summed E-state index contributed by atoms with van der Waals surface area (Å²) in [4.78, 5) is 12.7. The van der Waals surface area contributed by atoms with E-state index in [1.165, 1.54) is 25.0 Å². The Balaban J connectivity index is 1.44. The number of carbonyl (C=O) groups excluding carboxylic acids is 1. The zero-order valence-corrected chi connectivity index (χ0v) is 14.7. The van der Waals surface area contributed by atoms with Crippen LogP contribution in [0.5, 0.6) is 0 Å². The number of benzene rings is 1. The van der Waals surface area contributed by atoms with Crippen molar-refractivity contribution < 1.29 is 18.0 Å². The first-order valence-corrected chi connectivity index (χ1v) is 9.59. The highest BCUT2D eigenvalue weighted by molar-refractivity contribution is 5.77. The number of amides is 1. The normalized spacial score (nSPS) is 29.9. The standard InChI is InChI=1S/C20H25F3N2O/c21-20(22,23)15-4-1-3-14(12-15)19(7-2-8-19)25-18(26)11-13-9-16-5-6-17(10-13)24-16/h1,3-4,12-13,16-17,24H,2,5-11H2,(H,25,26). The average molecular weight is 366 g/mol. The molecule has 3 fully saturated rings. The van der Waals surface area contributed by atoms with Gasteiger partial charge in [-0.25, -0.2) is 0 Å². The summed E-state index contributed by atoms with van der Waals surface area (Å²) in [7, 11) is 0. The van der Waals surface area contributed by atoms with E-state index < -0.39 is 17.3 Å². The van der Waals surface area contributed by atoms with Crippen molar-refractivity contribution in [2.24, 2.45) is 5.92 Å². The highest BCUT2D eigenvalue weighted by atomic mass is 19.4. The van der Waals surface area contributed by atoms with E-state index in [4.69, 9.17) is 0 Å². The van der Waals surface area contributed by atoms with Crippen molar-refractivity contribution in [3.63, 3.8) is 0 Å². The number of piperidine rings is 1. The van der Waals surface area contributed by atoms with Crippen LogP contribution in [-0.2, 0) is 16.5 Å². The quantitative estimate of drug-likeness (QED) is 0.842. The molecule has 142 valence electrons. The lowest BCUT2D eigenvalue weighted by Crippen LogP contribution is -2.51. The van der Waals surface area contributed by atoms with Gasteiger partial charge in [0.05, 0.1) is 11.1 Å². The van der Waals surface area contributed by atoms with Crippen LogP contribution in [0.4, 0.5) is 13.2 Å². The number of alkyl halides is 3. The summed E-state index contributed by atoms with van der Waals surface area (Å²) in [6, 6.07) is 6.50. The molecule has 0 radical (unpaired) electrons. The van der Waals surface area contributed by atoms with Crippen LogP contribution in [0.15, 0.2) is 24.3 Å². The third kappa shape index (κ3) is 3.48. The van der Waals surface area contributed by atoms with E-state index in [1.807, 2.05) is 0 Å². The Hall–Kier alpha value is -1.56. The second kappa shape index (κ2) is 6.55. The summed E-state index contributed by atoms with van der Waals surface area (Å²) in [5, 5.41) is 6.67. The van der Waals surface area contributed by atoms with Gasteiger partial charge in [-0.2, -0.15) is 13.2 Å². The molecule has 0 aromatic heterocycles. The van der Waals surface area contributed by atoms with Crippen LogP contribution < -0.4 is 10.6 Å². The predicted octanol–water partition coefficient (Wildman–Crippen LogP) is 4.12. The Morgan fingerprint density at radius 1 is 1.19 bits per heavy atom. The Bertz CT molecular complexity index is 672. The van der Waals surface area contributed by atoms with Crippen molar-refractivity contribution in [3.8, 4) is 0 Å². The minimum Gasteiger partial charge on any atom is -0.347 e. The molecule has 1 aliphatic carbocycles. The van der Waals surface area contributed by atoms with Crippen molar-refractivity contribution in [1.29, 1.82) is 0 Å². The smallest absolute Gasteiger partial charge is 0.347 e. The molecule has 6 heteroatoms. The molecule has 4 rings (SSSR count). The van der Waals surface area contributed by atoms with E-state index >= 15 is 0 Å². The van der Waals surface area contributed by atoms with Crippen LogP contribution in [0.1, 0.15) is 62.5 Å².